The molecular weight excluding hydrogens is 294 g/mol. The van der Waals surface area contributed by atoms with E-state index in [4.69, 9.17) is 10.5 Å². The molecule has 1 aromatic carbocycles. The van der Waals surface area contributed by atoms with Gasteiger partial charge in [-0.2, -0.15) is 0 Å². The number of ether oxygens (including phenoxy) is 1. The predicted octanol–water partition coefficient (Wildman–Crippen LogP) is 2.97. The Morgan fingerprint density at radius 2 is 1.95 bits per heavy atom. The van der Waals surface area contributed by atoms with Crippen molar-refractivity contribution in [2.45, 2.75) is 37.3 Å². The van der Waals surface area contributed by atoms with E-state index in [1.165, 1.54) is 11.8 Å². The molecule has 114 valence electrons. The summed E-state index contributed by atoms with van der Waals surface area (Å²) in [4.78, 5) is 0.861. The van der Waals surface area contributed by atoms with Crippen LogP contribution in [0.3, 0.4) is 0 Å². The Morgan fingerprint density at radius 1 is 1.30 bits per heavy atom. The molecule has 0 amide bonds. The fourth-order valence-corrected chi connectivity index (χ4v) is 3.94. The van der Waals surface area contributed by atoms with Crippen LogP contribution in [0.25, 0.3) is 0 Å². The maximum absolute atomic E-state index is 12.0. The number of hydrogen-bond acceptors (Lipinski definition) is 5. The lowest BCUT2D eigenvalue weighted by Crippen LogP contribution is -2.31. The minimum Gasteiger partial charge on any atom is -0.494 e. The van der Waals surface area contributed by atoms with Crippen molar-refractivity contribution in [1.82, 2.24) is 0 Å². The van der Waals surface area contributed by atoms with Crippen LogP contribution in [0.4, 0.5) is 5.69 Å². The van der Waals surface area contributed by atoms with Gasteiger partial charge in [-0.05, 0) is 45.9 Å². The highest BCUT2D eigenvalue weighted by Crippen LogP contribution is 2.30. The van der Waals surface area contributed by atoms with Crippen LogP contribution < -0.4 is 10.5 Å². The molecule has 0 radical (unpaired) electrons. The van der Waals surface area contributed by atoms with Crippen molar-refractivity contribution in [2.75, 3.05) is 23.8 Å². The summed E-state index contributed by atoms with van der Waals surface area (Å²) in [6.07, 6.45) is 0. The molecule has 6 heteroatoms. The van der Waals surface area contributed by atoms with E-state index in [9.17, 15) is 8.42 Å². The van der Waals surface area contributed by atoms with Crippen molar-refractivity contribution in [2.24, 2.45) is 0 Å². The fraction of sp³-hybridized carbons (Fsp3) is 0.571. The molecule has 0 saturated carbocycles. The smallest absolute Gasteiger partial charge is 0.156 e. The minimum atomic E-state index is -3.09. The van der Waals surface area contributed by atoms with Gasteiger partial charge < -0.3 is 10.5 Å². The summed E-state index contributed by atoms with van der Waals surface area (Å²) >= 11 is 1.45. The minimum absolute atomic E-state index is 0.138. The van der Waals surface area contributed by atoms with Crippen LogP contribution in [0.15, 0.2) is 23.1 Å². The third-order valence-electron chi connectivity index (χ3n) is 2.84. The van der Waals surface area contributed by atoms with E-state index in [1.54, 1.807) is 26.8 Å². The zero-order valence-electron chi connectivity index (χ0n) is 12.5. The first-order valence-electron chi connectivity index (χ1n) is 6.55. The van der Waals surface area contributed by atoms with E-state index < -0.39 is 14.6 Å². The molecule has 0 aliphatic rings. The van der Waals surface area contributed by atoms with Gasteiger partial charge >= 0.3 is 0 Å². The summed E-state index contributed by atoms with van der Waals surface area (Å²) in [6.45, 7) is 7.66. The Hall–Kier alpha value is -0.880. The second-order valence-corrected chi connectivity index (χ2v) is 9.41. The van der Waals surface area contributed by atoms with Gasteiger partial charge in [0.2, 0.25) is 0 Å². The van der Waals surface area contributed by atoms with Crippen molar-refractivity contribution in [1.29, 1.82) is 0 Å². The molecule has 0 aromatic heterocycles. The lowest BCUT2D eigenvalue weighted by atomic mass is 10.3. The van der Waals surface area contributed by atoms with Crippen LogP contribution in [0.2, 0.25) is 0 Å². The van der Waals surface area contributed by atoms with Gasteiger partial charge in [0.05, 0.1) is 17.1 Å². The quantitative estimate of drug-likeness (QED) is 0.645. The van der Waals surface area contributed by atoms with Crippen LogP contribution in [0.1, 0.15) is 27.7 Å². The summed E-state index contributed by atoms with van der Waals surface area (Å²) in [5.74, 6) is 1.38. The van der Waals surface area contributed by atoms with Gasteiger partial charge in [0.25, 0.3) is 0 Å². The van der Waals surface area contributed by atoms with Gasteiger partial charge in [0, 0.05) is 16.3 Å². The number of nitrogen functional groups attached to an aromatic ring is 1. The number of anilines is 1. The molecular formula is C14H23NO3S2. The van der Waals surface area contributed by atoms with Crippen LogP contribution in [0.5, 0.6) is 5.75 Å². The summed E-state index contributed by atoms with van der Waals surface area (Å²) in [5, 5.41) is 0. The van der Waals surface area contributed by atoms with Crippen molar-refractivity contribution >= 4 is 27.3 Å². The number of nitrogens with two attached hydrogens (primary N) is 1. The molecule has 0 aliphatic heterocycles. The van der Waals surface area contributed by atoms with Gasteiger partial charge in [0.15, 0.2) is 9.84 Å². The highest BCUT2D eigenvalue weighted by atomic mass is 32.2. The highest BCUT2D eigenvalue weighted by Gasteiger charge is 2.28. The second-order valence-electron chi connectivity index (χ2n) is 5.41. The average Bonchev–Trinajstić information content (AvgIpc) is 2.32. The van der Waals surface area contributed by atoms with Crippen molar-refractivity contribution < 1.29 is 13.2 Å². The van der Waals surface area contributed by atoms with Gasteiger partial charge in [-0.15, -0.1) is 11.8 Å². The maximum Gasteiger partial charge on any atom is 0.156 e. The summed E-state index contributed by atoms with van der Waals surface area (Å²) in [6, 6.07) is 5.45. The molecule has 1 aromatic rings. The monoisotopic (exact) mass is 317 g/mol. The summed E-state index contributed by atoms with van der Waals surface area (Å²) in [5.41, 5.74) is 6.54. The number of thioether (sulfide) groups is 1. The van der Waals surface area contributed by atoms with Crippen LogP contribution in [0, 0.1) is 0 Å². The number of benzene rings is 1. The molecule has 0 spiro atoms. The molecule has 0 saturated heterocycles. The topological polar surface area (TPSA) is 69.4 Å². The number of rotatable bonds is 6. The highest BCUT2D eigenvalue weighted by molar-refractivity contribution is 8.01. The molecule has 2 N–H and O–H groups in total. The van der Waals surface area contributed by atoms with E-state index >= 15 is 0 Å². The predicted molar refractivity (Wildman–Crippen MR) is 86.3 cm³/mol. The van der Waals surface area contributed by atoms with Gasteiger partial charge in [-0.25, -0.2) is 8.42 Å². The molecule has 4 nitrogen and oxygen atoms in total. The molecule has 0 bridgehead atoms. The van der Waals surface area contributed by atoms with E-state index in [2.05, 4.69) is 0 Å². The zero-order valence-corrected chi connectivity index (χ0v) is 14.1. The molecule has 0 aliphatic carbocycles. The van der Waals surface area contributed by atoms with Gasteiger partial charge in [-0.3, -0.25) is 0 Å². The third-order valence-corrected chi connectivity index (χ3v) is 6.78. The maximum atomic E-state index is 12.0. The summed E-state index contributed by atoms with van der Waals surface area (Å²) in [7, 11) is -3.09. The van der Waals surface area contributed by atoms with Crippen molar-refractivity contribution in [3.05, 3.63) is 18.2 Å². The van der Waals surface area contributed by atoms with Gasteiger partial charge in [-0.1, -0.05) is 0 Å². The Bertz CT molecular complexity index is 548. The lowest BCUT2D eigenvalue weighted by Gasteiger charge is -2.19. The lowest BCUT2D eigenvalue weighted by molar-refractivity contribution is 0.339. The van der Waals surface area contributed by atoms with E-state index in [1.807, 2.05) is 19.1 Å². The fourth-order valence-electron chi connectivity index (χ4n) is 1.46. The van der Waals surface area contributed by atoms with E-state index in [-0.39, 0.29) is 5.75 Å². The molecule has 20 heavy (non-hydrogen) atoms. The second kappa shape index (κ2) is 6.72. The third kappa shape index (κ3) is 4.59. The van der Waals surface area contributed by atoms with Crippen LogP contribution >= 0.6 is 11.8 Å². The molecule has 1 rings (SSSR count). The average molecular weight is 317 g/mol. The Balaban J connectivity index is 2.69. The van der Waals surface area contributed by atoms with Gasteiger partial charge in [0.1, 0.15) is 5.75 Å². The first kappa shape index (κ1) is 17.2. The van der Waals surface area contributed by atoms with Crippen molar-refractivity contribution in [3.8, 4) is 5.75 Å². The standard InChI is InChI=1S/C14H23NO3S2/c1-5-18-11-6-7-12(15)13(10-11)19-8-9-20(16,17)14(2,3)4/h6-7,10H,5,8-9,15H2,1-4H3. The SMILES string of the molecule is CCOc1ccc(N)c(SCCS(=O)(=O)C(C)(C)C)c1. The van der Waals surface area contributed by atoms with E-state index in [0.29, 0.717) is 18.0 Å². The number of sulfone groups is 1. The Kier molecular flexibility index (Phi) is 5.77. The molecule has 0 unspecified atom stereocenters. The Morgan fingerprint density at radius 3 is 2.50 bits per heavy atom. The van der Waals surface area contributed by atoms with Crippen LogP contribution in [-0.2, 0) is 9.84 Å². The van der Waals surface area contributed by atoms with Crippen LogP contribution in [-0.4, -0.2) is 31.3 Å². The zero-order chi connectivity index (χ0) is 15.4. The first-order chi connectivity index (χ1) is 9.17. The number of hydrogen-bond donors (Lipinski definition) is 1. The normalized spacial score (nSPS) is 12.4. The summed E-state index contributed by atoms with van der Waals surface area (Å²) < 4.78 is 28.8. The molecule has 0 fully saturated rings. The first-order valence-corrected chi connectivity index (χ1v) is 9.18. The van der Waals surface area contributed by atoms with E-state index in [0.717, 1.165) is 10.6 Å². The Labute approximate surface area is 126 Å². The largest absolute Gasteiger partial charge is 0.494 e. The molecule has 0 heterocycles. The van der Waals surface area contributed by atoms with Crippen molar-refractivity contribution in [3.63, 3.8) is 0 Å². The molecule has 0 atom stereocenters.